The van der Waals surface area contributed by atoms with Crippen molar-refractivity contribution in [1.82, 2.24) is 5.32 Å². The first-order chi connectivity index (χ1) is 8.19. The number of nitrogen functional groups attached to an aromatic ring is 1. The third-order valence-corrected chi connectivity index (χ3v) is 2.28. The van der Waals surface area contributed by atoms with E-state index in [1.54, 1.807) is 6.19 Å². The number of anilines is 1. The van der Waals surface area contributed by atoms with Crippen LogP contribution in [0.1, 0.15) is 0 Å². The van der Waals surface area contributed by atoms with Crippen LogP contribution in [0.5, 0.6) is 0 Å². The number of guanidine groups is 1. The Morgan fingerprint density at radius 2 is 1.94 bits per heavy atom. The Hall–Kier alpha value is -2.74. The molecule has 0 radical (unpaired) electrons. The SMILES string of the molecule is N#CNC(N)=Nc1ccc2ccc(N)cc2c1. The summed E-state index contributed by atoms with van der Waals surface area (Å²) in [6.07, 6.45) is 1.71. The molecule has 0 unspecified atom stereocenters. The summed E-state index contributed by atoms with van der Waals surface area (Å²) in [6, 6.07) is 11.3. The Kier molecular flexibility index (Phi) is 2.79. The summed E-state index contributed by atoms with van der Waals surface area (Å²) in [5.74, 6) is 0.0655. The lowest BCUT2D eigenvalue weighted by Crippen LogP contribution is -2.26. The Morgan fingerprint density at radius 1 is 1.18 bits per heavy atom. The number of nitriles is 1. The second-order valence-electron chi connectivity index (χ2n) is 3.52. The zero-order valence-corrected chi connectivity index (χ0v) is 9.01. The van der Waals surface area contributed by atoms with Crippen molar-refractivity contribution in [3.8, 4) is 6.19 Å². The first-order valence-corrected chi connectivity index (χ1v) is 4.97. The van der Waals surface area contributed by atoms with Crippen LogP contribution in [0.4, 0.5) is 11.4 Å². The zero-order valence-electron chi connectivity index (χ0n) is 9.01. The number of nitrogens with two attached hydrogens (primary N) is 2. The van der Waals surface area contributed by atoms with Gasteiger partial charge in [0.25, 0.3) is 0 Å². The van der Waals surface area contributed by atoms with Gasteiger partial charge in [0.15, 0.2) is 6.19 Å². The van der Waals surface area contributed by atoms with Crippen molar-refractivity contribution in [3.05, 3.63) is 36.4 Å². The summed E-state index contributed by atoms with van der Waals surface area (Å²) in [6.45, 7) is 0. The highest BCUT2D eigenvalue weighted by Gasteiger charge is 1.97. The molecule has 17 heavy (non-hydrogen) atoms. The van der Waals surface area contributed by atoms with Crippen molar-refractivity contribution in [2.45, 2.75) is 0 Å². The van der Waals surface area contributed by atoms with Crippen LogP contribution in [0, 0.1) is 11.5 Å². The number of hydrogen-bond donors (Lipinski definition) is 3. The van der Waals surface area contributed by atoms with Gasteiger partial charge in [-0.15, -0.1) is 0 Å². The van der Waals surface area contributed by atoms with Crippen molar-refractivity contribution >= 4 is 28.1 Å². The lowest BCUT2D eigenvalue weighted by Gasteiger charge is -2.02. The Balaban J connectivity index is 2.44. The first-order valence-electron chi connectivity index (χ1n) is 4.97. The lowest BCUT2D eigenvalue weighted by molar-refractivity contribution is 1.22. The smallest absolute Gasteiger partial charge is 0.207 e. The minimum atomic E-state index is 0.0655. The molecule has 0 spiro atoms. The highest BCUT2D eigenvalue weighted by atomic mass is 15.1. The van der Waals surface area contributed by atoms with Gasteiger partial charge in [-0.25, -0.2) is 4.99 Å². The second-order valence-corrected chi connectivity index (χ2v) is 3.52. The predicted molar refractivity (Wildman–Crippen MR) is 68.4 cm³/mol. The molecule has 0 bridgehead atoms. The van der Waals surface area contributed by atoms with E-state index >= 15 is 0 Å². The van der Waals surface area contributed by atoms with E-state index in [9.17, 15) is 0 Å². The molecule has 84 valence electrons. The third-order valence-electron chi connectivity index (χ3n) is 2.28. The van der Waals surface area contributed by atoms with Gasteiger partial charge in [0, 0.05) is 5.69 Å². The largest absolute Gasteiger partial charge is 0.399 e. The summed E-state index contributed by atoms with van der Waals surface area (Å²) in [4.78, 5) is 4.05. The van der Waals surface area contributed by atoms with Crippen molar-refractivity contribution < 1.29 is 0 Å². The van der Waals surface area contributed by atoms with Gasteiger partial charge in [-0.05, 0) is 35.0 Å². The monoisotopic (exact) mass is 225 g/mol. The van der Waals surface area contributed by atoms with Crippen molar-refractivity contribution in [2.75, 3.05) is 5.73 Å². The molecular formula is C12H11N5. The summed E-state index contributed by atoms with van der Waals surface area (Å²) in [7, 11) is 0. The van der Waals surface area contributed by atoms with Crippen LogP contribution in [0.15, 0.2) is 41.4 Å². The minimum Gasteiger partial charge on any atom is -0.399 e. The molecule has 0 aliphatic carbocycles. The van der Waals surface area contributed by atoms with Crippen LogP contribution in [0.3, 0.4) is 0 Å². The van der Waals surface area contributed by atoms with Crippen molar-refractivity contribution in [1.29, 1.82) is 5.26 Å². The van der Waals surface area contributed by atoms with Crippen molar-refractivity contribution in [3.63, 3.8) is 0 Å². The van der Waals surface area contributed by atoms with E-state index < -0.39 is 0 Å². The van der Waals surface area contributed by atoms with Gasteiger partial charge >= 0.3 is 0 Å². The van der Waals surface area contributed by atoms with E-state index in [0.717, 1.165) is 10.8 Å². The van der Waals surface area contributed by atoms with E-state index in [-0.39, 0.29) is 5.96 Å². The minimum absolute atomic E-state index is 0.0655. The van der Waals surface area contributed by atoms with E-state index in [2.05, 4.69) is 10.3 Å². The van der Waals surface area contributed by atoms with Gasteiger partial charge in [-0.1, -0.05) is 12.1 Å². The van der Waals surface area contributed by atoms with E-state index in [1.165, 1.54) is 0 Å². The Morgan fingerprint density at radius 3 is 2.71 bits per heavy atom. The molecule has 0 aliphatic heterocycles. The number of nitrogens with zero attached hydrogens (tertiary/aromatic N) is 2. The standard InChI is InChI=1S/C12H11N5/c13-7-16-12(15)17-11-4-2-8-1-3-10(14)5-9(8)6-11/h1-6H,14H2,(H3,15,16,17). The molecule has 0 saturated heterocycles. The molecule has 0 atom stereocenters. The predicted octanol–water partition coefficient (Wildman–Crippen LogP) is 1.44. The average Bonchev–Trinajstić information content (AvgIpc) is 2.28. The number of aliphatic imine (C=N–C) groups is 1. The van der Waals surface area contributed by atoms with Gasteiger partial charge < -0.3 is 11.5 Å². The topological polar surface area (TPSA) is 100 Å². The summed E-state index contributed by atoms with van der Waals surface area (Å²) in [5, 5.41) is 12.7. The first kappa shape index (κ1) is 10.8. The van der Waals surface area contributed by atoms with Gasteiger partial charge in [-0.3, -0.25) is 5.32 Å². The molecule has 0 aliphatic rings. The van der Waals surface area contributed by atoms with Crippen LogP contribution in [0.2, 0.25) is 0 Å². The maximum absolute atomic E-state index is 8.38. The zero-order chi connectivity index (χ0) is 12.3. The molecule has 0 fully saturated rings. The maximum Gasteiger partial charge on any atom is 0.207 e. The van der Waals surface area contributed by atoms with Gasteiger partial charge in [-0.2, -0.15) is 5.26 Å². The van der Waals surface area contributed by atoms with Gasteiger partial charge in [0.1, 0.15) is 0 Å². The van der Waals surface area contributed by atoms with Crippen LogP contribution in [-0.4, -0.2) is 5.96 Å². The molecule has 2 aromatic carbocycles. The number of hydrogen-bond acceptors (Lipinski definition) is 3. The molecule has 0 amide bonds. The van der Waals surface area contributed by atoms with Gasteiger partial charge in [0.2, 0.25) is 5.96 Å². The van der Waals surface area contributed by atoms with Crippen LogP contribution < -0.4 is 16.8 Å². The molecular weight excluding hydrogens is 214 g/mol. The molecule has 0 aromatic heterocycles. The highest BCUT2D eigenvalue weighted by Crippen LogP contribution is 2.22. The van der Waals surface area contributed by atoms with Gasteiger partial charge in [0.05, 0.1) is 5.69 Å². The number of rotatable bonds is 1. The Labute approximate surface area is 98.4 Å². The normalized spacial score (nSPS) is 11.1. The van der Waals surface area contributed by atoms with E-state index in [1.807, 2.05) is 36.4 Å². The fraction of sp³-hybridized carbons (Fsp3) is 0. The van der Waals surface area contributed by atoms with Crippen LogP contribution in [-0.2, 0) is 0 Å². The summed E-state index contributed by atoms with van der Waals surface area (Å²) in [5.41, 5.74) is 12.6. The molecule has 5 nitrogen and oxygen atoms in total. The number of nitrogens with one attached hydrogen (secondary N) is 1. The average molecular weight is 225 g/mol. The third kappa shape index (κ3) is 2.44. The molecule has 5 N–H and O–H groups in total. The molecule has 5 heteroatoms. The lowest BCUT2D eigenvalue weighted by atomic mass is 10.1. The molecule has 2 aromatic rings. The summed E-state index contributed by atoms with van der Waals surface area (Å²) >= 11 is 0. The second kappa shape index (κ2) is 4.41. The quantitative estimate of drug-likeness (QED) is 0.225. The number of benzene rings is 2. The van der Waals surface area contributed by atoms with Crippen LogP contribution >= 0.6 is 0 Å². The Bertz CT molecular complexity index is 624. The number of fused-ring (bicyclic) bond motifs is 1. The fourth-order valence-electron chi connectivity index (χ4n) is 1.55. The van der Waals surface area contributed by atoms with Crippen LogP contribution in [0.25, 0.3) is 10.8 Å². The van der Waals surface area contributed by atoms with E-state index in [4.69, 9.17) is 16.7 Å². The van der Waals surface area contributed by atoms with Crippen molar-refractivity contribution in [2.24, 2.45) is 10.7 Å². The van der Waals surface area contributed by atoms with E-state index in [0.29, 0.717) is 11.4 Å². The fourth-order valence-corrected chi connectivity index (χ4v) is 1.55. The maximum atomic E-state index is 8.38. The molecule has 0 heterocycles. The summed E-state index contributed by atoms with van der Waals surface area (Å²) < 4.78 is 0. The highest BCUT2D eigenvalue weighted by molar-refractivity contribution is 5.89. The molecule has 0 saturated carbocycles. The molecule has 2 rings (SSSR count).